The van der Waals surface area contributed by atoms with E-state index in [1.807, 2.05) is 47.8 Å². The first-order chi connectivity index (χ1) is 12.8. The van der Waals surface area contributed by atoms with Gasteiger partial charge in [-0.25, -0.2) is 9.97 Å². The van der Waals surface area contributed by atoms with Crippen LogP contribution in [-0.4, -0.2) is 27.5 Å². The van der Waals surface area contributed by atoms with E-state index in [1.54, 1.807) is 17.5 Å². The first-order valence-corrected chi connectivity index (χ1v) is 9.56. The summed E-state index contributed by atoms with van der Waals surface area (Å²) < 4.78 is 6.59. The van der Waals surface area contributed by atoms with Crippen molar-refractivity contribution in [1.82, 2.24) is 15.0 Å². The summed E-state index contributed by atoms with van der Waals surface area (Å²) in [6, 6.07) is 13.5. The molecule has 3 heterocycles. The molecule has 1 amide bonds. The van der Waals surface area contributed by atoms with Crippen LogP contribution in [0.15, 0.2) is 54.0 Å². The van der Waals surface area contributed by atoms with Crippen LogP contribution in [0.2, 0.25) is 0 Å². The molecule has 0 saturated carbocycles. The number of ether oxygens (including phenoxy) is 1. The van der Waals surface area contributed by atoms with Gasteiger partial charge in [-0.3, -0.25) is 15.1 Å². The van der Waals surface area contributed by atoms with Crippen LogP contribution in [0.5, 0.6) is 0 Å². The molecule has 6 nitrogen and oxygen atoms in total. The maximum absolute atomic E-state index is 12.0. The first kappa shape index (κ1) is 16.8. The van der Waals surface area contributed by atoms with Crippen molar-refractivity contribution in [2.75, 3.05) is 11.9 Å². The molecule has 4 rings (SSSR count). The molecule has 0 aliphatic rings. The molecule has 0 fully saturated rings. The molecule has 26 heavy (non-hydrogen) atoms. The highest BCUT2D eigenvalue weighted by molar-refractivity contribution is 7.18. The van der Waals surface area contributed by atoms with E-state index in [0.717, 1.165) is 26.6 Å². The van der Waals surface area contributed by atoms with Crippen molar-refractivity contribution in [2.24, 2.45) is 0 Å². The smallest absolute Gasteiger partial charge is 0.252 e. The van der Waals surface area contributed by atoms with E-state index in [2.05, 4.69) is 20.3 Å². The van der Waals surface area contributed by atoms with Gasteiger partial charge < -0.3 is 4.74 Å². The highest BCUT2D eigenvalue weighted by Crippen LogP contribution is 2.23. The van der Waals surface area contributed by atoms with E-state index in [0.29, 0.717) is 11.7 Å². The summed E-state index contributed by atoms with van der Waals surface area (Å²) in [5, 5.41) is 5.98. The van der Waals surface area contributed by atoms with Gasteiger partial charge in [-0.05, 0) is 24.3 Å². The molecule has 1 aromatic carbocycles. The predicted octanol–water partition coefficient (Wildman–Crippen LogP) is 3.97. The number of fused-ring (bicyclic) bond motifs is 1. The van der Waals surface area contributed by atoms with Gasteiger partial charge in [0.15, 0.2) is 5.13 Å². The van der Waals surface area contributed by atoms with E-state index in [1.165, 1.54) is 11.3 Å². The van der Waals surface area contributed by atoms with Crippen LogP contribution in [0.4, 0.5) is 5.13 Å². The molecule has 1 N–H and O–H groups in total. The third-order valence-electron chi connectivity index (χ3n) is 3.47. The molecule has 4 aromatic rings. The minimum Gasteiger partial charge on any atom is -0.364 e. The van der Waals surface area contributed by atoms with Crippen LogP contribution >= 0.6 is 22.7 Å². The number of carbonyl (C=O) groups excluding carboxylic acids is 1. The summed E-state index contributed by atoms with van der Waals surface area (Å²) in [5.41, 5.74) is 2.46. The predicted molar refractivity (Wildman–Crippen MR) is 103 cm³/mol. The van der Waals surface area contributed by atoms with Crippen molar-refractivity contribution < 1.29 is 9.53 Å². The Kier molecular flexibility index (Phi) is 4.96. The van der Waals surface area contributed by atoms with Gasteiger partial charge >= 0.3 is 0 Å². The van der Waals surface area contributed by atoms with E-state index >= 15 is 0 Å². The summed E-state index contributed by atoms with van der Waals surface area (Å²) in [4.78, 5) is 25.1. The molecule has 0 saturated heterocycles. The number of amides is 1. The number of hydrogen-bond donors (Lipinski definition) is 1. The number of anilines is 1. The number of aromatic nitrogens is 3. The number of pyridine rings is 1. The molecular weight excluding hydrogens is 368 g/mol. The van der Waals surface area contributed by atoms with Gasteiger partial charge in [-0.15, -0.1) is 22.7 Å². The number of benzene rings is 1. The number of nitrogens with zero attached hydrogens (tertiary/aromatic N) is 3. The normalized spacial score (nSPS) is 10.9. The minimum absolute atomic E-state index is 0.0472. The Bertz CT molecular complexity index is 997. The molecule has 0 spiro atoms. The second-order valence-electron chi connectivity index (χ2n) is 5.37. The van der Waals surface area contributed by atoms with Gasteiger partial charge in [0.05, 0.1) is 22.5 Å². The Balaban J connectivity index is 1.29. The average molecular weight is 382 g/mol. The monoisotopic (exact) mass is 382 g/mol. The topological polar surface area (TPSA) is 77.0 Å². The van der Waals surface area contributed by atoms with Crippen molar-refractivity contribution in [3.63, 3.8) is 0 Å². The van der Waals surface area contributed by atoms with Gasteiger partial charge in [0, 0.05) is 11.6 Å². The Hall–Kier alpha value is -2.68. The average Bonchev–Trinajstić information content (AvgIpc) is 3.29. The lowest BCUT2D eigenvalue weighted by molar-refractivity contribution is -0.121. The Morgan fingerprint density at radius 1 is 1.08 bits per heavy atom. The molecule has 0 bridgehead atoms. The quantitative estimate of drug-likeness (QED) is 0.546. The number of hydrogen-bond acceptors (Lipinski definition) is 7. The van der Waals surface area contributed by atoms with Crippen LogP contribution < -0.4 is 5.32 Å². The van der Waals surface area contributed by atoms with Crippen molar-refractivity contribution in [1.29, 1.82) is 0 Å². The number of nitrogens with one attached hydrogen (secondary N) is 1. The fourth-order valence-corrected chi connectivity index (χ4v) is 3.96. The zero-order chi connectivity index (χ0) is 17.8. The fraction of sp³-hybridized carbons (Fsp3) is 0.111. The summed E-state index contributed by atoms with van der Waals surface area (Å²) in [6.45, 7) is 0.262. The number of thiazole rings is 2. The first-order valence-electron chi connectivity index (χ1n) is 7.87. The number of rotatable bonds is 6. The maximum atomic E-state index is 12.0. The summed E-state index contributed by atoms with van der Waals surface area (Å²) >= 11 is 2.93. The molecule has 0 atom stereocenters. The lowest BCUT2D eigenvalue weighted by Crippen LogP contribution is -2.18. The molecule has 130 valence electrons. The van der Waals surface area contributed by atoms with Gasteiger partial charge in [0.2, 0.25) is 0 Å². The Labute approximate surface area is 157 Å². The SMILES string of the molecule is O=C(COCc1nc2ccccc2s1)Nc1nc(-c2ccccn2)cs1. The molecule has 0 aliphatic heterocycles. The van der Waals surface area contributed by atoms with E-state index < -0.39 is 0 Å². The second-order valence-corrected chi connectivity index (χ2v) is 7.34. The summed E-state index contributed by atoms with van der Waals surface area (Å²) in [7, 11) is 0. The third kappa shape index (κ3) is 3.93. The molecule has 0 aliphatic carbocycles. The summed E-state index contributed by atoms with van der Waals surface area (Å²) in [6.07, 6.45) is 1.71. The van der Waals surface area contributed by atoms with Gasteiger partial charge in [0.1, 0.15) is 17.3 Å². The Morgan fingerprint density at radius 2 is 1.96 bits per heavy atom. The number of para-hydroxylation sites is 1. The zero-order valence-electron chi connectivity index (χ0n) is 13.6. The minimum atomic E-state index is -0.243. The van der Waals surface area contributed by atoms with Crippen LogP contribution in [0.1, 0.15) is 5.01 Å². The molecule has 3 aromatic heterocycles. The zero-order valence-corrected chi connectivity index (χ0v) is 15.2. The molecular formula is C18H14N4O2S2. The highest BCUT2D eigenvalue weighted by atomic mass is 32.1. The van der Waals surface area contributed by atoms with Crippen LogP contribution in [0, 0.1) is 0 Å². The Morgan fingerprint density at radius 3 is 2.81 bits per heavy atom. The highest BCUT2D eigenvalue weighted by Gasteiger charge is 2.10. The van der Waals surface area contributed by atoms with Crippen molar-refractivity contribution in [2.45, 2.75) is 6.61 Å². The largest absolute Gasteiger partial charge is 0.364 e. The fourth-order valence-electron chi connectivity index (χ4n) is 2.33. The van der Waals surface area contributed by atoms with Crippen molar-refractivity contribution in [3.05, 3.63) is 59.0 Å². The van der Waals surface area contributed by atoms with Crippen molar-refractivity contribution >= 4 is 43.9 Å². The van der Waals surface area contributed by atoms with Gasteiger partial charge in [-0.1, -0.05) is 18.2 Å². The molecule has 0 radical (unpaired) electrons. The van der Waals surface area contributed by atoms with Crippen LogP contribution in [0.25, 0.3) is 21.6 Å². The van der Waals surface area contributed by atoms with Gasteiger partial charge in [0.25, 0.3) is 5.91 Å². The van der Waals surface area contributed by atoms with E-state index in [-0.39, 0.29) is 12.5 Å². The summed E-state index contributed by atoms with van der Waals surface area (Å²) in [5.74, 6) is -0.243. The molecule has 0 unspecified atom stereocenters. The van der Waals surface area contributed by atoms with Gasteiger partial charge in [-0.2, -0.15) is 0 Å². The van der Waals surface area contributed by atoms with Crippen LogP contribution in [0.3, 0.4) is 0 Å². The van der Waals surface area contributed by atoms with E-state index in [9.17, 15) is 4.79 Å². The third-order valence-corrected chi connectivity index (χ3v) is 5.24. The van der Waals surface area contributed by atoms with Crippen molar-refractivity contribution in [3.8, 4) is 11.4 Å². The second kappa shape index (κ2) is 7.69. The van der Waals surface area contributed by atoms with E-state index in [4.69, 9.17) is 4.74 Å². The lowest BCUT2D eigenvalue weighted by atomic mass is 10.3. The molecule has 8 heteroatoms. The van der Waals surface area contributed by atoms with Crippen LogP contribution in [-0.2, 0) is 16.1 Å². The maximum Gasteiger partial charge on any atom is 0.252 e. The lowest BCUT2D eigenvalue weighted by Gasteiger charge is -2.02. The number of carbonyl (C=O) groups is 1. The standard InChI is InChI=1S/C18H14N4O2S2/c23-16(9-24-10-17-20-13-6-1-2-7-15(13)26-17)22-18-21-14(11-25-18)12-5-3-4-8-19-12/h1-8,11H,9-10H2,(H,21,22,23).